The Morgan fingerprint density at radius 1 is 1.25 bits per heavy atom. The van der Waals surface area contributed by atoms with E-state index in [4.69, 9.17) is 10.5 Å². The summed E-state index contributed by atoms with van der Waals surface area (Å²) in [6.45, 7) is 1.72. The molecule has 1 atom stereocenters. The quantitative estimate of drug-likeness (QED) is 0.684. The molecule has 2 aromatic rings. The number of benzene rings is 2. The fraction of sp³-hybridized carbons (Fsp3) is 0.143. The van der Waals surface area contributed by atoms with E-state index in [9.17, 15) is 14.5 Å². The summed E-state index contributed by atoms with van der Waals surface area (Å²) < 4.78 is 18.8. The fourth-order valence-electron chi connectivity index (χ4n) is 1.73. The summed E-state index contributed by atoms with van der Waals surface area (Å²) in [6.07, 6.45) is 0. The predicted molar refractivity (Wildman–Crippen MR) is 72.2 cm³/mol. The molecule has 2 aromatic carbocycles. The maximum absolute atomic E-state index is 13.2. The van der Waals surface area contributed by atoms with E-state index in [1.165, 1.54) is 42.5 Å². The molecule has 6 heteroatoms. The first-order valence-electron chi connectivity index (χ1n) is 5.94. The van der Waals surface area contributed by atoms with E-state index in [0.29, 0.717) is 17.1 Å². The lowest BCUT2D eigenvalue weighted by molar-refractivity contribution is -0.384. The number of hydrogen-bond donors (Lipinski definition) is 1. The molecule has 0 heterocycles. The highest BCUT2D eigenvalue weighted by Crippen LogP contribution is 2.30. The molecule has 0 saturated carbocycles. The van der Waals surface area contributed by atoms with Gasteiger partial charge in [-0.3, -0.25) is 10.1 Å². The smallest absolute Gasteiger partial charge is 0.269 e. The van der Waals surface area contributed by atoms with E-state index in [-0.39, 0.29) is 5.69 Å². The second kappa shape index (κ2) is 5.66. The van der Waals surface area contributed by atoms with Crippen molar-refractivity contribution in [2.45, 2.75) is 13.0 Å². The van der Waals surface area contributed by atoms with Crippen molar-refractivity contribution in [3.63, 3.8) is 0 Å². The first kappa shape index (κ1) is 14.0. The molecule has 0 spiro atoms. The van der Waals surface area contributed by atoms with Gasteiger partial charge in [0.1, 0.15) is 17.3 Å². The van der Waals surface area contributed by atoms with Gasteiger partial charge in [0.15, 0.2) is 0 Å². The van der Waals surface area contributed by atoms with Crippen molar-refractivity contribution < 1.29 is 14.1 Å². The first-order chi connectivity index (χ1) is 9.47. The number of nitro groups is 1. The van der Waals surface area contributed by atoms with Crippen LogP contribution in [0.1, 0.15) is 18.5 Å². The standard InChI is InChI=1S/C14H13FN2O3/c1-9(16)13-8-10(15)2-7-14(13)20-12-5-3-11(4-6-12)17(18)19/h2-9H,16H2,1H3/t9-/m1/s1. The van der Waals surface area contributed by atoms with Gasteiger partial charge < -0.3 is 10.5 Å². The lowest BCUT2D eigenvalue weighted by Crippen LogP contribution is -2.07. The Labute approximate surface area is 114 Å². The zero-order valence-electron chi connectivity index (χ0n) is 10.7. The van der Waals surface area contributed by atoms with Gasteiger partial charge in [-0.05, 0) is 37.3 Å². The van der Waals surface area contributed by atoms with Gasteiger partial charge in [0.25, 0.3) is 5.69 Å². The summed E-state index contributed by atoms with van der Waals surface area (Å²) in [5, 5.41) is 10.6. The maximum Gasteiger partial charge on any atom is 0.269 e. The normalized spacial score (nSPS) is 11.9. The number of nitrogens with zero attached hydrogens (tertiary/aromatic N) is 1. The van der Waals surface area contributed by atoms with Crippen LogP contribution >= 0.6 is 0 Å². The zero-order chi connectivity index (χ0) is 14.7. The highest BCUT2D eigenvalue weighted by atomic mass is 19.1. The van der Waals surface area contributed by atoms with Crippen LogP contribution in [-0.4, -0.2) is 4.92 Å². The molecule has 0 bridgehead atoms. The molecule has 0 aromatic heterocycles. The van der Waals surface area contributed by atoms with E-state index in [0.717, 1.165) is 0 Å². The van der Waals surface area contributed by atoms with Gasteiger partial charge in [0.2, 0.25) is 0 Å². The third-order valence-corrected chi connectivity index (χ3v) is 2.74. The van der Waals surface area contributed by atoms with Crippen LogP contribution in [0.2, 0.25) is 0 Å². The third-order valence-electron chi connectivity index (χ3n) is 2.74. The van der Waals surface area contributed by atoms with Gasteiger partial charge in [-0.25, -0.2) is 4.39 Å². The Balaban J connectivity index is 2.27. The fourth-order valence-corrected chi connectivity index (χ4v) is 1.73. The van der Waals surface area contributed by atoms with Gasteiger partial charge in [-0.1, -0.05) is 0 Å². The topological polar surface area (TPSA) is 78.4 Å². The number of non-ortho nitro benzene ring substituents is 1. The second-order valence-corrected chi connectivity index (χ2v) is 4.32. The van der Waals surface area contributed by atoms with Crippen LogP contribution in [0, 0.1) is 15.9 Å². The highest BCUT2D eigenvalue weighted by molar-refractivity contribution is 5.42. The van der Waals surface area contributed by atoms with Gasteiger partial charge in [0.05, 0.1) is 4.92 Å². The number of halogens is 1. The SMILES string of the molecule is C[C@@H](N)c1cc(F)ccc1Oc1ccc([N+](=O)[O-])cc1. The molecule has 0 fully saturated rings. The van der Waals surface area contributed by atoms with Gasteiger partial charge >= 0.3 is 0 Å². The van der Waals surface area contributed by atoms with Crippen LogP contribution in [0.4, 0.5) is 10.1 Å². The van der Waals surface area contributed by atoms with Crippen molar-refractivity contribution in [2.24, 2.45) is 5.73 Å². The Bertz CT molecular complexity index is 627. The molecule has 0 amide bonds. The van der Waals surface area contributed by atoms with E-state index >= 15 is 0 Å². The monoisotopic (exact) mass is 276 g/mol. The van der Waals surface area contributed by atoms with E-state index in [1.807, 2.05) is 0 Å². The molecule has 104 valence electrons. The number of hydrogen-bond acceptors (Lipinski definition) is 4. The van der Waals surface area contributed by atoms with Crippen LogP contribution in [0.25, 0.3) is 0 Å². The summed E-state index contributed by atoms with van der Waals surface area (Å²) in [5.41, 5.74) is 6.27. The molecule has 0 aliphatic carbocycles. The minimum absolute atomic E-state index is 0.0242. The summed E-state index contributed by atoms with van der Waals surface area (Å²) in [4.78, 5) is 10.1. The largest absolute Gasteiger partial charge is 0.457 e. The number of nitro benzene ring substituents is 1. The lowest BCUT2D eigenvalue weighted by atomic mass is 10.1. The number of nitrogens with two attached hydrogens (primary N) is 1. The van der Waals surface area contributed by atoms with Crippen LogP contribution in [0.15, 0.2) is 42.5 Å². The second-order valence-electron chi connectivity index (χ2n) is 4.32. The summed E-state index contributed by atoms with van der Waals surface area (Å²) in [5.74, 6) is 0.452. The Hall–Kier alpha value is -2.47. The minimum atomic E-state index is -0.491. The van der Waals surface area contributed by atoms with Crippen molar-refractivity contribution in [3.8, 4) is 11.5 Å². The van der Waals surface area contributed by atoms with Crippen LogP contribution in [-0.2, 0) is 0 Å². The van der Waals surface area contributed by atoms with Crippen molar-refractivity contribution >= 4 is 5.69 Å². The molecule has 0 unspecified atom stereocenters. The highest BCUT2D eigenvalue weighted by Gasteiger charge is 2.11. The summed E-state index contributed by atoms with van der Waals surface area (Å²) in [7, 11) is 0. The molecular formula is C14H13FN2O3. The van der Waals surface area contributed by atoms with Gasteiger partial charge in [-0.2, -0.15) is 0 Å². The number of rotatable bonds is 4. The molecule has 0 saturated heterocycles. The van der Waals surface area contributed by atoms with Gasteiger partial charge in [-0.15, -0.1) is 0 Å². The first-order valence-corrected chi connectivity index (χ1v) is 5.94. The Morgan fingerprint density at radius 3 is 2.45 bits per heavy atom. The summed E-state index contributed by atoms with van der Waals surface area (Å²) in [6, 6.07) is 9.31. The maximum atomic E-state index is 13.2. The average molecular weight is 276 g/mol. The molecule has 2 N–H and O–H groups in total. The van der Waals surface area contributed by atoms with Crippen LogP contribution in [0.5, 0.6) is 11.5 Å². The van der Waals surface area contributed by atoms with Crippen molar-refractivity contribution in [3.05, 3.63) is 64.0 Å². The van der Waals surface area contributed by atoms with E-state index < -0.39 is 16.8 Å². The molecular weight excluding hydrogens is 263 g/mol. The molecule has 0 aliphatic rings. The van der Waals surface area contributed by atoms with Crippen molar-refractivity contribution in [1.29, 1.82) is 0 Å². The third kappa shape index (κ3) is 3.10. The lowest BCUT2D eigenvalue weighted by Gasteiger charge is -2.13. The Kier molecular flexibility index (Phi) is 3.95. The molecule has 0 aliphatic heterocycles. The van der Waals surface area contributed by atoms with Gasteiger partial charge in [0, 0.05) is 23.7 Å². The molecule has 2 rings (SSSR count). The minimum Gasteiger partial charge on any atom is -0.457 e. The summed E-state index contributed by atoms with van der Waals surface area (Å²) >= 11 is 0. The van der Waals surface area contributed by atoms with E-state index in [2.05, 4.69) is 0 Å². The Morgan fingerprint density at radius 2 is 1.90 bits per heavy atom. The predicted octanol–water partition coefficient (Wildman–Crippen LogP) is 3.55. The van der Waals surface area contributed by atoms with Crippen LogP contribution < -0.4 is 10.5 Å². The molecule has 0 radical (unpaired) electrons. The van der Waals surface area contributed by atoms with Crippen LogP contribution in [0.3, 0.4) is 0 Å². The molecule has 20 heavy (non-hydrogen) atoms. The number of ether oxygens (including phenoxy) is 1. The van der Waals surface area contributed by atoms with Crippen molar-refractivity contribution in [1.82, 2.24) is 0 Å². The zero-order valence-corrected chi connectivity index (χ0v) is 10.7. The van der Waals surface area contributed by atoms with E-state index in [1.54, 1.807) is 6.92 Å². The average Bonchev–Trinajstić information content (AvgIpc) is 2.41. The molecule has 5 nitrogen and oxygen atoms in total. The van der Waals surface area contributed by atoms with Crippen molar-refractivity contribution in [2.75, 3.05) is 0 Å².